The third-order valence-electron chi connectivity index (χ3n) is 7.55. The maximum Gasteiger partial charge on any atom is 0.285 e. The lowest BCUT2D eigenvalue weighted by molar-refractivity contribution is -0.0994. The fraction of sp³-hybridized carbons (Fsp3) is 0.367. The van der Waals surface area contributed by atoms with E-state index in [4.69, 9.17) is 9.57 Å². The molecule has 2 aliphatic rings. The fourth-order valence-corrected chi connectivity index (χ4v) is 5.69. The van der Waals surface area contributed by atoms with Gasteiger partial charge in [0.1, 0.15) is 23.6 Å². The van der Waals surface area contributed by atoms with Crippen molar-refractivity contribution in [2.75, 3.05) is 31.1 Å². The van der Waals surface area contributed by atoms with Crippen LogP contribution in [0.4, 0.5) is 5.82 Å². The van der Waals surface area contributed by atoms with E-state index >= 15 is 0 Å². The first-order chi connectivity index (χ1) is 19.8. The molecule has 2 aromatic heterocycles. The molecule has 11 heteroatoms. The Morgan fingerprint density at radius 3 is 2.37 bits per heavy atom. The summed E-state index contributed by atoms with van der Waals surface area (Å²) in [5.74, 6) is 0.797. The lowest BCUT2D eigenvalue weighted by Crippen LogP contribution is -2.57. The maximum absolute atomic E-state index is 12.6. The summed E-state index contributed by atoms with van der Waals surface area (Å²) >= 11 is 0. The molecule has 0 spiro atoms. The Bertz CT molecular complexity index is 1560. The molecule has 6 rings (SSSR count). The van der Waals surface area contributed by atoms with Crippen LogP contribution in [0.3, 0.4) is 0 Å². The molecule has 4 aromatic rings. The second kappa shape index (κ2) is 10.9. The largest absolute Gasteiger partial charge is 0.491 e. The van der Waals surface area contributed by atoms with Crippen molar-refractivity contribution in [3.8, 4) is 17.1 Å². The number of piperazine rings is 1. The van der Waals surface area contributed by atoms with Crippen molar-refractivity contribution in [1.82, 2.24) is 30.1 Å². The molecular weight excluding hydrogens is 522 g/mol. The molecule has 0 bridgehead atoms. The molecule has 1 N–H and O–H groups in total. The Kier molecular flexibility index (Phi) is 7.14. The van der Waals surface area contributed by atoms with Crippen LogP contribution >= 0.6 is 0 Å². The molecule has 4 heterocycles. The van der Waals surface area contributed by atoms with E-state index in [-0.39, 0.29) is 24.8 Å². The van der Waals surface area contributed by atoms with Gasteiger partial charge in [0.15, 0.2) is 0 Å². The molecule has 0 saturated carbocycles. The van der Waals surface area contributed by atoms with Crippen LogP contribution < -0.4 is 9.64 Å². The molecule has 1 saturated heterocycles. The number of nitrogens with zero attached hydrogens (tertiary/aromatic N) is 6. The van der Waals surface area contributed by atoms with Crippen LogP contribution in [0, 0.1) is 0 Å². The van der Waals surface area contributed by atoms with Gasteiger partial charge in [-0.3, -0.25) is 24.4 Å². The third kappa shape index (κ3) is 5.14. The summed E-state index contributed by atoms with van der Waals surface area (Å²) in [7, 11) is 0. The smallest absolute Gasteiger partial charge is 0.285 e. The van der Waals surface area contributed by atoms with Gasteiger partial charge in [0, 0.05) is 43.2 Å². The summed E-state index contributed by atoms with van der Waals surface area (Å²) in [5.41, 5.74) is 3.16. The van der Waals surface area contributed by atoms with Crippen molar-refractivity contribution in [1.29, 1.82) is 0 Å². The number of carbonyl (C=O) groups excluding carboxylic acids is 2. The average Bonchev–Trinajstić information content (AvgIpc) is 3.48. The minimum Gasteiger partial charge on any atom is -0.491 e. The maximum atomic E-state index is 12.6. The van der Waals surface area contributed by atoms with Crippen LogP contribution in [0.15, 0.2) is 54.9 Å². The number of fused-ring (bicyclic) bond motifs is 2. The summed E-state index contributed by atoms with van der Waals surface area (Å²) in [6.45, 7) is 10.6. The summed E-state index contributed by atoms with van der Waals surface area (Å²) in [5, 5.41) is 9.46. The van der Waals surface area contributed by atoms with E-state index < -0.39 is 11.8 Å². The van der Waals surface area contributed by atoms with Gasteiger partial charge in [-0.1, -0.05) is 12.1 Å². The average molecular weight is 556 g/mol. The fourth-order valence-electron chi connectivity index (χ4n) is 5.69. The molecule has 2 aliphatic heterocycles. The molecule has 1 fully saturated rings. The lowest BCUT2D eigenvalue weighted by atomic mass is 10.1. The van der Waals surface area contributed by atoms with Crippen LogP contribution in [0.2, 0.25) is 0 Å². The molecule has 11 nitrogen and oxygen atoms in total. The highest BCUT2D eigenvalue weighted by Crippen LogP contribution is 2.31. The summed E-state index contributed by atoms with van der Waals surface area (Å²) in [6.07, 6.45) is 1.65. The molecular formula is C30H33N7O4. The van der Waals surface area contributed by atoms with Gasteiger partial charge in [0.25, 0.3) is 11.8 Å². The van der Waals surface area contributed by atoms with Gasteiger partial charge in [-0.15, -0.1) is 5.06 Å². The van der Waals surface area contributed by atoms with Crippen LogP contribution in [-0.2, 0) is 4.84 Å². The van der Waals surface area contributed by atoms with E-state index in [1.807, 2.05) is 38.1 Å². The predicted octanol–water partition coefficient (Wildman–Crippen LogP) is 3.93. The first kappa shape index (κ1) is 26.9. The Hall–Kier alpha value is -4.35. The molecule has 41 heavy (non-hydrogen) atoms. The third-order valence-corrected chi connectivity index (χ3v) is 7.55. The van der Waals surface area contributed by atoms with Gasteiger partial charge in [0.05, 0.1) is 35.0 Å². The number of aromatic nitrogens is 4. The molecule has 0 aliphatic carbocycles. The van der Waals surface area contributed by atoms with Crippen molar-refractivity contribution < 1.29 is 19.2 Å². The predicted molar refractivity (Wildman–Crippen MR) is 154 cm³/mol. The Morgan fingerprint density at radius 1 is 0.976 bits per heavy atom. The van der Waals surface area contributed by atoms with Crippen molar-refractivity contribution >= 4 is 28.5 Å². The number of rotatable bonds is 8. The highest BCUT2D eigenvalue weighted by Gasteiger charge is 2.37. The summed E-state index contributed by atoms with van der Waals surface area (Å²) in [4.78, 5) is 44.6. The first-order valence-corrected chi connectivity index (χ1v) is 13.9. The van der Waals surface area contributed by atoms with E-state index in [0.717, 1.165) is 52.0 Å². The quantitative estimate of drug-likeness (QED) is 0.323. The molecule has 2 aromatic carbocycles. The molecule has 0 radical (unpaired) electrons. The first-order valence-electron chi connectivity index (χ1n) is 13.9. The van der Waals surface area contributed by atoms with E-state index in [9.17, 15) is 9.59 Å². The van der Waals surface area contributed by atoms with Crippen molar-refractivity contribution in [3.05, 3.63) is 66.0 Å². The van der Waals surface area contributed by atoms with Crippen molar-refractivity contribution in [2.24, 2.45) is 0 Å². The minimum absolute atomic E-state index is 0.0741. The van der Waals surface area contributed by atoms with Gasteiger partial charge in [-0.2, -0.15) is 5.10 Å². The van der Waals surface area contributed by atoms with Gasteiger partial charge in [-0.05, 0) is 58.0 Å². The van der Waals surface area contributed by atoms with Gasteiger partial charge in [-0.25, -0.2) is 9.97 Å². The van der Waals surface area contributed by atoms with Crippen LogP contribution in [0.5, 0.6) is 5.75 Å². The van der Waals surface area contributed by atoms with Gasteiger partial charge >= 0.3 is 0 Å². The molecule has 2 amide bonds. The topological polar surface area (TPSA) is 117 Å². The Morgan fingerprint density at radius 2 is 1.68 bits per heavy atom. The second-order valence-electron chi connectivity index (χ2n) is 10.8. The van der Waals surface area contributed by atoms with Crippen LogP contribution in [0.25, 0.3) is 22.3 Å². The number of ether oxygens (including phenoxy) is 1. The zero-order valence-corrected chi connectivity index (χ0v) is 23.6. The van der Waals surface area contributed by atoms with Crippen LogP contribution in [0.1, 0.15) is 48.4 Å². The standard InChI is InChI=1S/C30H33N7O4/c1-18(2)41-21-9-10-25-24(13-21)28(34-33-25)26-14-27(32-17-31-26)35-15-19(3)36(20(4)16-35)11-12-40-37-29(38)22-7-5-6-8-23(22)30(37)39/h5-10,13-14,17-20H,11-12,15-16H2,1-4H3,(H,33,34)/t19-,20+. The molecule has 212 valence electrons. The van der Waals surface area contributed by atoms with Crippen molar-refractivity contribution in [3.63, 3.8) is 0 Å². The lowest BCUT2D eigenvalue weighted by Gasteiger charge is -2.44. The summed E-state index contributed by atoms with van der Waals surface area (Å²) in [6, 6.07) is 15.0. The van der Waals surface area contributed by atoms with E-state index in [0.29, 0.717) is 17.7 Å². The number of nitrogens with one attached hydrogen (secondary N) is 1. The SMILES string of the molecule is CC(C)Oc1ccc2[nH]nc(-c3cc(N4C[C@@H](C)N(CCON5C(=O)c6ccccc6C5=O)[C@@H](C)C4)ncn3)c2c1. The van der Waals surface area contributed by atoms with Crippen molar-refractivity contribution in [2.45, 2.75) is 45.9 Å². The number of H-pyrrole nitrogens is 1. The van der Waals surface area contributed by atoms with Gasteiger partial charge in [0.2, 0.25) is 0 Å². The highest BCUT2D eigenvalue weighted by atomic mass is 16.7. The highest BCUT2D eigenvalue weighted by molar-refractivity contribution is 6.20. The number of aromatic amines is 1. The second-order valence-corrected chi connectivity index (χ2v) is 10.8. The molecule has 2 atom stereocenters. The number of benzene rings is 2. The monoisotopic (exact) mass is 555 g/mol. The zero-order chi connectivity index (χ0) is 28.7. The summed E-state index contributed by atoms with van der Waals surface area (Å²) < 4.78 is 5.89. The van der Waals surface area contributed by atoms with E-state index in [1.165, 1.54) is 0 Å². The number of hydrogen-bond acceptors (Lipinski definition) is 9. The number of carbonyl (C=O) groups is 2. The van der Waals surface area contributed by atoms with E-state index in [2.05, 4.69) is 43.8 Å². The normalized spacial score (nSPS) is 19.4. The molecule has 0 unspecified atom stereocenters. The number of imide groups is 1. The van der Waals surface area contributed by atoms with Crippen LogP contribution in [-0.4, -0.2) is 86.4 Å². The number of anilines is 1. The Balaban J connectivity index is 1.11. The Labute approximate surface area is 238 Å². The number of hydrogen-bond donors (Lipinski definition) is 1. The number of amides is 2. The zero-order valence-electron chi connectivity index (χ0n) is 23.6. The number of hydroxylamine groups is 2. The van der Waals surface area contributed by atoms with E-state index in [1.54, 1.807) is 30.6 Å². The van der Waals surface area contributed by atoms with Gasteiger partial charge < -0.3 is 9.64 Å². The minimum atomic E-state index is -0.413.